The van der Waals surface area contributed by atoms with Crippen molar-refractivity contribution in [1.82, 2.24) is 4.90 Å². The van der Waals surface area contributed by atoms with Crippen molar-refractivity contribution in [1.29, 1.82) is 0 Å². The number of rotatable bonds is 6. The van der Waals surface area contributed by atoms with Crippen LogP contribution in [0, 0.1) is 5.92 Å². The molecule has 1 amide bonds. The molecular weight excluding hydrogens is 248 g/mol. The van der Waals surface area contributed by atoms with Crippen molar-refractivity contribution in [2.24, 2.45) is 11.7 Å². The molecule has 3 unspecified atom stereocenters. The van der Waals surface area contributed by atoms with Crippen LogP contribution in [-0.4, -0.2) is 54.2 Å². The van der Waals surface area contributed by atoms with Gasteiger partial charge in [0.15, 0.2) is 0 Å². The Morgan fingerprint density at radius 2 is 2.21 bits per heavy atom. The minimum Gasteiger partial charge on any atom is -0.480 e. The van der Waals surface area contributed by atoms with E-state index in [9.17, 15) is 14.7 Å². The summed E-state index contributed by atoms with van der Waals surface area (Å²) < 4.78 is 4.92. The van der Waals surface area contributed by atoms with E-state index < -0.39 is 18.1 Å². The van der Waals surface area contributed by atoms with E-state index in [-0.39, 0.29) is 11.8 Å². The van der Waals surface area contributed by atoms with Gasteiger partial charge < -0.3 is 20.5 Å². The molecular formula is C13H24N2O4. The predicted octanol–water partition coefficient (Wildman–Crippen LogP) is 0.452. The lowest BCUT2D eigenvalue weighted by Crippen LogP contribution is -2.56. The van der Waals surface area contributed by atoms with Crippen LogP contribution in [0.15, 0.2) is 0 Å². The van der Waals surface area contributed by atoms with Gasteiger partial charge in [0.1, 0.15) is 6.04 Å². The first-order valence-corrected chi connectivity index (χ1v) is 6.76. The van der Waals surface area contributed by atoms with Crippen molar-refractivity contribution < 1.29 is 19.4 Å². The maximum atomic E-state index is 12.2. The van der Waals surface area contributed by atoms with Crippen molar-refractivity contribution in [3.05, 3.63) is 0 Å². The monoisotopic (exact) mass is 272 g/mol. The molecule has 0 saturated carbocycles. The largest absolute Gasteiger partial charge is 0.480 e. The number of hydrogen-bond donors (Lipinski definition) is 2. The second-order valence-corrected chi connectivity index (χ2v) is 5.18. The molecule has 19 heavy (non-hydrogen) atoms. The summed E-state index contributed by atoms with van der Waals surface area (Å²) in [6.45, 7) is 2.91. The molecule has 1 heterocycles. The molecule has 0 aromatic carbocycles. The highest BCUT2D eigenvalue weighted by Gasteiger charge is 2.38. The third-order valence-electron chi connectivity index (χ3n) is 3.65. The van der Waals surface area contributed by atoms with Crippen LogP contribution >= 0.6 is 0 Å². The number of ether oxygens (including phenoxy) is 1. The summed E-state index contributed by atoms with van der Waals surface area (Å²) in [6, 6.07) is -1.38. The van der Waals surface area contributed by atoms with Gasteiger partial charge in [0.05, 0.1) is 6.04 Å². The minimum atomic E-state index is -0.940. The SMILES string of the molecule is COCCCC(N)C(=O)N1CCCC(C)C1C(=O)O. The Hall–Kier alpha value is -1.14. The summed E-state index contributed by atoms with van der Waals surface area (Å²) >= 11 is 0. The summed E-state index contributed by atoms with van der Waals surface area (Å²) in [5.41, 5.74) is 5.86. The molecule has 1 rings (SSSR count). The van der Waals surface area contributed by atoms with Gasteiger partial charge in [0.2, 0.25) is 5.91 Å². The molecule has 0 bridgehead atoms. The van der Waals surface area contributed by atoms with Gasteiger partial charge in [0.25, 0.3) is 0 Å². The lowest BCUT2D eigenvalue weighted by Gasteiger charge is -2.38. The fourth-order valence-electron chi connectivity index (χ4n) is 2.60. The van der Waals surface area contributed by atoms with Gasteiger partial charge in [-0.15, -0.1) is 0 Å². The lowest BCUT2D eigenvalue weighted by molar-refractivity contribution is -0.155. The fraction of sp³-hybridized carbons (Fsp3) is 0.846. The number of amides is 1. The number of carboxylic acid groups (broad SMARTS) is 1. The number of nitrogens with two attached hydrogens (primary N) is 1. The molecule has 0 aromatic heterocycles. The normalized spacial score (nSPS) is 25.1. The van der Waals surface area contributed by atoms with E-state index in [4.69, 9.17) is 10.5 Å². The van der Waals surface area contributed by atoms with E-state index in [1.165, 1.54) is 4.90 Å². The lowest BCUT2D eigenvalue weighted by atomic mass is 9.90. The second-order valence-electron chi connectivity index (χ2n) is 5.18. The van der Waals surface area contributed by atoms with Gasteiger partial charge in [-0.05, 0) is 31.6 Å². The second kappa shape index (κ2) is 7.45. The van der Waals surface area contributed by atoms with Gasteiger partial charge in [-0.2, -0.15) is 0 Å². The first kappa shape index (κ1) is 15.9. The van der Waals surface area contributed by atoms with E-state index in [2.05, 4.69) is 0 Å². The zero-order valence-electron chi connectivity index (χ0n) is 11.7. The molecule has 6 heteroatoms. The van der Waals surface area contributed by atoms with Gasteiger partial charge in [-0.25, -0.2) is 4.79 Å². The number of carbonyl (C=O) groups is 2. The van der Waals surface area contributed by atoms with Gasteiger partial charge in [-0.1, -0.05) is 6.92 Å². The highest BCUT2D eigenvalue weighted by Crippen LogP contribution is 2.24. The maximum absolute atomic E-state index is 12.2. The molecule has 0 aliphatic carbocycles. The third kappa shape index (κ3) is 4.18. The van der Waals surface area contributed by atoms with Crippen molar-refractivity contribution >= 4 is 11.9 Å². The van der Waals surface area contributed by atoms with Crippen LogP contribution in [0.25, 0.3) is 0 Å². The highest BCUT2D eigenvalue weighted by atomic mass is 16.5. The van der Waals surface area contributed by atoms with Crippen LogP contribution in [0.4, 0.5) is 0 Å². The van der Waals surface area contributed by atoms with Crippen LogP contribution in [-0.2, 0) is 14.3 Å². The van der Waals surface area contributed by atoms with Gasteiger partial charge in [-0.3, -0.25) is 4.79 Å². The third-order valence-corrected chi connectivity index (χ3v) is 3.65. The van der Waals surface area contributed by atoms with Crippen LogP contribution in [0.1, 0.15) is 32.6 Å². The molecule has 0 aromatic rings. The average Bonchev–Trinajstić information content (AvgIpc) is 2.37. The summed E-state index contributed by atoms with van der Waals surface area (Å²) in [5.74, 6) is -1.22. The van der Waals surface area contributed by atoms with Crippen LogP contribution in [0.2, 0.25) is 0 Å². The Kier molecular flexibility index (Phi) is 6.24. The fourth-order valence-corrected chi connectivity index (χ4v) is 2.60. The first-order valence-electron chi connectivity index (χ1n) is 6.76. The Morgan fingerprint density at radius 1 is 1.53 bits per heavy atom. The Balaban J connectivity index is 2.64. The molecule has 1 fully saturated rings. The Labute approximate surface area is 113 Å². The topological polar surface area (TPSA) is 92.9 Å². The average molecular weight is 272 g/mol. The van der Waals surface area contributed by atoms with Crippen molar-refractivity contribution in [3.8, 4) is 0 Å². The van der Waals surface area contributed by atoms with E-state index in [0.717, 1.165) is 12.8 Å². The van der Waals surface area contributed by atoms with Crippen molar-refractivity contribution in [2.45, 2.75) is 44.7 Å². The number of aliphatic carboxylic acids is 1. The maximum Gasteiger partial charge on any atom is 0.326 e. The Morgan fingerprint density at radius 3 is 2.79 bits per heavy atom. The number of hydrogen-bond acceptors (Lipinski definition) is 4. The molecule has 0 radical (unpaired) electrons. The molecule has 110 valence electrons. The molecule has 1 aliphatic rings. The van der Waals surface area contributed by atoms with E-state index in [1.807, 2.05) is 6.92 Å². The minimum absolute atomic E-state index is 0.0265. The molecule has 1 saturated heterocycles. The molecule has 3 atom stereocenters. The summed E-state index contributed by atoms with van der Waals surface area (Å²) in [5, 5.41) is 9.27. The number of piperidine rings is 1. The quantitative estimate of drug-likeness (QED) is 0.685. The number of carboxylic acids is 1. The predicted molar refractivity (Wildman–Crippen MR) is 70.6 cm³/mol. The number of nitrogens with zero attached hydrogens (tertiary/aromatic N) is 1. The number of likely N-dealkylation sites (tertiary alicyclic amines) is 1. The highest BCUT2D eigenvalue weighted by molar-refractivity contribution is 5.87. The smallest absolute Gasteiger partial charge is 0.326 e. The van der Waals surface area contributed by atoms with Crippen molar-refractivity contribution in [3.63, 3.8) is 0 Å². The first-order chi connectivity index (χ1) is 8.99. The zero-order valence-corrected chi connectivity index (χ0v) is 11.7. The molecule has 0 spiro atoms. The molecule has 1 aliphatic heterocycles. The van der Waals surface area contributed by atoms with Crippen LogP contribution < -0.4 is 5.73 Å². The van der Waals surface area contributed by atoms with E-state index in [1.54, 1.807) is 7.11 Å². The van der Waals surface area contributed by atoms with Crippen LogP contribution in [0.5, 0.6) is 0 Å². The Bertz CT molecular complexity index is 322. The van der Waals surface area contributed by atoms with E-state index in [0.29, 0.717) is 26.0 Å². The standard InChI is InChI=1S/C13H24N2O4/c1-9-5-3-7-15(11(9)13(17)18)12(16)10(14)6-4-8-19-2/h9-11H,3-8,14H2,1-2H3,(H,17,18). The molecule has 6 nitrogen and oxygen atoms in total. The van der Waals surface area contributed by atoms with Gasteiger partial charge >= 0.3 is 5.97 Å². The zero-order chi connectivity index (χ0) is 14.4. The summed E-state index contributed by atoms with van der Waals surface area (Å²) in [4.78, 5) is 25.0. The number of carbonyl (C=O) groups excluding carboxylic acids is 1. The van der Waals surface area contributed by atoms with Crippen LogP contribution in [0.3, 0.4) is 0 Å². The molecule has 3 N–H and O–H groups in total. The van der Waals surface area contributed by atoms with E-state index >= 15 is 0 Å². The number of methoxy groups -OCH3 is 1. The summed E-state index contributed by atoms with van der Waals surface area (Å²) in [7, 11) is 1.60. The van der Waals surface area contributed by atoms with Crippen molar-refractivity contribution in [2.75, 3.05) is 20.3 Å². The van der Waals surface area contributed by atoms with Gasteiger partial charge in [0, 0.05) is 20.3 Å². The summed E-state index contributed by atoms with van der Waals surface area (Å²) in [6.07, 6.45) is 2.88.